The van der Waals surface area contributed by atoms with Crippen molar-refractivity contribution >= 4 is 45.8 Å². The van der Waals surface area contributed by atoms with Crippen molar-refractivity contribution in [1.82, 2.24) is 9.97 Å². The number of aromatic amines is 1. The largest absolute Gasteiger partial charge is 0.338 e. The van der Waals surface area contributed by atoms with E-state index >= 15 is 0 Å². The molecule has 0 aliphatic heterocycles. The lowest BCUT2D eigenvalue weighted by atomic mass is 10.1. The third-order valence-corrected chi connectivity index (χ3v) is 4.53. The Hall–Kier alpha value is -2.82. The third-order valence-electron chi connectivity index (χ3n) is 3.96. The van der Waals surface area contributed by atoms with Gasteiger partial charge in [-0.3, -0.25) is 4.79 Å². The summed E-state index contributed by atoms with van der Waals surface area (Å²) in [6.45, 7) is 0. The van der Waals surface area contributed by atoms with Crippen molar-refractivity contribution in [3.8, 4) is 11.4 Å². The maximum atomic E-state index is 12.5. The molecule has 3 aromatic carbocycles. The summed E-state index contributed by atoms with van der Waals surface area (Å²) in [5.74, 6) is 0.428. The minimum atomic E-state index is -0.281. The van der Waals surface area contributed by atoms with Crippen LogP contribution in [0.4, 0.5) is 5.69 Å². The molecular formula is C20H13Cl2N3O. The molecule has 0 atom stereocenters. The van der Waals surface area contributed by atoms with Crippen LogP contribution in [-0.2, 0) is 0 Å². The molecule has 26 heavy (non-hydrogen) atoms. The van der Waals surface area contributed by atoms with Crippen molar-refractivity contribution in [3.63, 3.8) is 0 Å². The lowest BCUT2D eigenvalue weighted by molar-refractivity contribution is 0.102. The molecule has 0 saturated carbocycles. The van der Waals surface area contributed by atoms with Crippen LogP contribution in [0.2, 0.25) is 10.0 Å². The van der Waals surface area contributed by atoms with E-state index in [2.05, 4.69) is 15.3 Å². The summed E-state index contributed by atoms with van der Waals surface area (Å²) in [7, 11) is 0. The second-order valence-corrected chi connectivity index (χ2v) is 6.61. The number of fused-ring (bicyclic) bond motifs is 1. The molecule has 6 heteroatoms. The highest BCUT2D eigenvalue weighted by atomic mass is 35.5. The Balaban J connectivity index is 1.67. The van der Waals surface area contributed by atoms with Gasteiger partial charge in [-0.15, -0.1) is 0 Å². The van der Waals surface area contributed by atoms with Gasteiger partial charge in [0.1, 0.15) is 5.82 Å². The maximum Gasteiger partial charge on any atom is 0.255 e. The summed E-state index contributed by atoms with van der Waals surface area (Å²) in [5, 5.41) is 3.77. The van der Waals surface area contributed by atoms with E-state index in [4.69, 9.17) is 23.2 Å². The number of nitrogens with zero attached hydrogens (tertiary/aromatic N) is 1. The van der Waals surface area contributed by atoms with Gasteiger partial charge in [0.25, 0.3) is 5.91 Å². The first-order valence-electron chi connectivity index (χ1n) is 7.92. The monoisotopic (exact) mass is 381 g/mol. The Labute approximate surface area is 159 Å². The van der Waals surface area contributed by atoms with E-state index in [1.165, 1.54) is 0 Å². The Morgan fingerprint density at radius 1 is 0.962 bits per heavy atom. The number of hydrogen-bond acceptors (Lipinski definition) is 2. The van der Waals surface area contributed by atoms with Crippen LogP contribution in [0.5, 0.6) is 0 Å². The number of nitrogens with one attached hydrogen (secondary N) is 2. The molecule has 4 nitrogen and oxygen atoms in total. The van der Waals surface area contributed by atoms with Crippen LogP contribution in [0.1, 0.15) is 10.4 Å². The van der Waals surface area contributed by atoms with Crippen LogP contribution in [0, 0.1) is 0 Å². The fourth-order valence-corrected chi connectivity index (χ4v) is 3.04. The molecule has 0 spiro atoms. The van der Waals surface area contributed by atoms with Crippen LogP contribution in [0.3, 0.4) is 0 Å². The van der Waals surface area contributed by atoms with Gasteiger partial charge in [0, 0.05) is 16.1 Å². The van der Waals surface area contributed by atoms with Crippen LogP contribution in [0.15, 0.2) is 66.7 Å². The molecule has 0 saturated heterocycles. The van der Waals surface area contributed by atoms with Crippen molar-refractivity contribution in [3.05, 3.63) is 82.3 Å². The number of halogens is 2. The molecule has 4 aromatic rings. The molecule has 1 amide bonds. The normalized spacial score (nSPS) is 10.8. The Morgan fingerprint density at radius 2 is 1.81 bits per heavy atom. The molecule has 4 rings (SSSR count). The second kappa shape index (κ2) is 6.83. The van der Waals surface area contributed by atoms with Crippen LogP contribution in [0.25, 0.3) is 22.4 Å². The van der Waals surface area contributed by atoms with Crippen molar-refractivity contribution in [2.45, 2.75) is 0 Å². The smallest absolute Gasteiger partial charge is 0.255 e. The summed E-state index contributed by atoms with van der Waals surface area (Å²) in [4.78, 5) is 20.3. The molecule has 0 fully saturated rings. The van der Waals surface area contributed by atoms with Gasteiger partial charge in [0.05, 0.1) is 21.7 Å². The highest BCUT2D eigenvalue weighted by Crippen LogP contribution is 2.29. The first-order valence-corrected chi connectivity index (χ1v) is 8.67. The number of anilines is 1. The van der Waals surface area contributed by atoms with Crippen molar-refractivity contribution < 1.29 is 4.79 Å². The number of hydrogen-bond donors (Lipinski definition) is 2. The van der Waals surface area contributed by atoms with Crippen molar-refractivity contribution in [2.75, 3.05) is 5.32 Å². The summed E-state index contributed by atoms with van der Waals surface area (Å²) in [6.07, 6.45) is 0. The number of carbonyl (C=O) groups is 1. The van der Waals surface area contributed by atoms with E-state index in [-0.39, 0.29) is 5.91 Å². The number of amides is 1. The van der Waals surface area contributed by atoms with E-state index in [1.54, 1.807) is 36.4 Å². The zero-order chi connectivity index (χ0) is 18.1. The minimum absolute atomic E-state index is 0.281. The summed E-state index contributed by atoms with van der Waals surface area (Å²) in [5.41, 5.74) is 3.62. The first-order chi connectivity index (χ1) is 12.6. The van der Waals surface area contributed by atoms with Crippen molar-refractivity contribution in [1.29, 1.82) is 0 Å². The molecule has 128 valence electrons. The number of aromatic nitrogens is 2. The molecule has 2 N–H and O–H groups in total. The van der Waals surface area contributed by atoms with E-state index < -0.39 is 0 Å². The number of H-pyrrole nitrogens is 1. The number of imidazole rings is 1. The molecular weight excluding hydrogens is 369 g/mol. The van der Waals surface area contributed by atoms with Crippen LogP contribution in [-0.4, -0.2) is 15.9 Å². The number of carbonyl (C=O) groups excluding carboxylic acids is 1. The predicted octanol–water partition coefficient (Wildman–Crippen LogP) is 5.79. The van der Waals surface area contributed by atoms with E-state index in [9.17, 15) is 4.79 Å². The van der Waals surface area contributed by atoms with Crippen LogP contribution < -0.4 is 5.32 Å². The zero-order valence-corrected chi connectivity index (χ0v) is 15.0. The highest BCUT2D eigenvalue weighted by molar-refractivity contribution is 6.34. The lowest BCUT2D eigenvalue weighted by Crippen LogP contribution is -2.12. The SMILES string of the molecule is O=C(Nc1cc(-c2nc3ccccc3[nH]2)ccc1Cl)c1cccc(Cl)c1. The van der Waals surface area contributed by atoms with Gasteiger partial charge in [-0.25, -0.2) is 4.98 Å². The van der Waals surface area contributed by atoms with Gasteiger partial charge >= 0.3 is 0 Å². The molecule has 0 bridgehead atoms. The van der Waals surface area contributed by atoms with E-state index in [0.717, 1.165) is 16.6 Å². The molecule has 0 aliphatic carbocycles. The molecule has 0 aliphatic rings. The number of benzene rings is 3. The standard InChI is InChI=1S/C20H13Cl2N3O/c21-14-5-3-4-13(10-14)20(26)25-18-11-12(8-9-15(18)22)19-23-16-6-1-2-7-17(16)24-19/h1-11H,(H,23,24)(H,25,26). The predicted molar refractivity (Wildman–Crippen MR) is 106 cm³/mol. The molecule has 0 unspecified atom stereocenters. The lowest BCUT2D eigenvalue weighted by Gasteiger charge is -2.09. The Kier molecular flexibility index (Phi) is 4.37. The topological polar surface area (TPSA) is 57.8 Å². The fraction of sp³-hybridized carbons (Fsp3) is 0. The quantitative estimate of drug-likeness (QED) is 0.471. The summed E-state index contributed by atoms with van der Waals surface area (Å²) >= 11 is 12.2. The number of rotatable bonds is 3. The third kappa shape index (κ3) is 3.29. The van der Waals surface area contributed by atoms with Gasteiger partial charge in [-0.05, 0) is 48.5 Å². The second-order valence-electron chi connectivity index (χ2n) is 5.76. The van der Waals surface area contributed by atoms with Gasteiger partial charge in [0.2, 0.25) is 0 Å². The van der Waals surface area contributed by atoms with E-state index in [0.29, 0.717) is 27.1 Å². The minimum Gasteiger partial charge on any atom is -0.338 e. The number of para-hydroxylation sites is 2. The first kappa shape index (κ1) is 16.6. The van der Waals surface area contributed by atoms with Gasteiger partial charge < -0.3 is 10.3 Å². The van der Waals surface area contributed by atoms with Crippen LogP contribution >= 0.6 is 23.2 Å². The Morgan fingerprint density at radius 3 is 2.62 bits per heavy atom. The average Bonchev–Trinajstić information content (AvgIpc) is 3.07. The van der Waals surface area contributed by atoms with E-state index in [1.807, 2.05) is 30.3 Å². The zero-order valence-electron chi connectivity index (χ0n) is 13.5. The van der Waals surface area contributed by atoms with Gasteiger partial charge in [-0.1, -0.05) is 41.4 Å². The van der Waals surface area contributed by atoms with Gasteiger partial charge in [-0.2, -0.15) is 0 Å². The average molecular weight is 382 g/mol. The molecule has 0 radical (unpaired) electrons. The summed E-state index contributed by atoms with van der Waals surface area (Å²) < 4.78 is 0. The highest BCUT2D eigenvalue weighted by Gasteiger charge is 2.12. The van der Waals surface area contributed by atoms with Gasteiger partial charge in [0.15, 0.2) is 0 Å². The molecule has 1 heterocycles. The summed E-state index contributed by atoms with van der Waals surface area (Å²) in [6, 6.07) is 19.9. The maximum absolute atomic E-state index is 12.5. The Bertz CT molecular complexity index is 1090. The fourth-order valence-electron chi connectivity index (χ4n) is 2.68. The molecule has 1 aromatic heterocycles. The van der Waals surface area contributed by atoms with Crippen molar-refractivity contribution in [2.24, 2.45) is 0 Å².